The highest BCUT2D eigenvalue weighted by atomic mass is 79.9. The van der Waals surface area contributed by atoms with Crippen molar-refractivity contribution in [3.05, 3.63) is 61.8 Å². The van der Waals surface area contributed by atoms with E-state index in [2.05, 4.69) is 20.9 Å². The quantitative estimate of drug-likeness (QED) is 0.478. The number of nitro groups is 1. The SMILES string of the molecule is O=[N+]([O-])c1cccc(OCc2cccc(Cl)n2)c1Br. The fraction of sp³-hybridized carbons (Fsp3) is 0.0833. The molecule has 2 aromatic rings. The molecule has 0 aliphatic carbocycles. The summed E-state index contributed by atoms with van der Waals surface area (Å²) in [6.07, 6.45) is 0. The molecule has 0 saturated heterocycles. The topological polar surface area (TPSA) is 65.3 Å². The molecule has 0 bridgehead atoms. The van der Waals surface area contributed by atoms with Crippen LogP contribution < -0.4 is 4.74 Å². The maximum Gasteiger partial charge on any atom is 0.287 e. The van der Waals surface area contributed by atoms with E-state index in [1.807, 2.05) is 0 Å². The number of ether oxygens (including phenoxy) is 1. The molecule has 0 saturated carbocycles. The second kappa shape index (κ2) is 5.99. The van der Waals surface area contributed by atoms with Gasteiger partial charge in [0.25, 0.3) is 5.69 Å². The summed E-state index contributed by atoms with van der Waals surface area (Å²) in [5, 5.41) is 11.2. The predicted molar refractivity (Wildman–Crippen MR) is 74.4 cm³/mol. The lowest BCUT2D eigenvalue weighted by Crippen LogP contribution is -1.99. The molecule has 1 heterocycles. The molecule has 0 radical (unpaired) electrons. The normalized spacial score (nSPS) is 10.2. The molecule has 1 aromatic carbocycles. The maximum atomic E-state index is 10.8. The number of nitro benzene ring substituents is 1. The Balaban J connectivity index is 2.16. The highest BCUT2D eigenvalue weighted by Crippen LogP contribution is 2.34. The molecule has 1 aromatic heterocycles. The van der Waals surface area contributed by atoms with Crippen LogP contribution in [0.25, 0.3) is 0 Å². The van der Waals surface area contributed by atoms with Crippen molar-refractivity contribution in [3.63, 3.8) is 0 Å². The molecular formula is C12H8BrClN2O3. The van der Waals surface area contributed by atoms with Crippen LogP contribution in [0.3, 0.4) is 0 Å². The van der Waals surface area contributed by atoms with Gasteiger partial charge in [0.1, 0.15) is 22.0 Å². The van der Waals surface area contributed by atoms with Gasteiger partial charge in [-0.3, -0.25) is 10.1 Å². The third-order valence-electron chi connectivity index (χ3n) is 2.29. The van der Waals surface area contributed by atoms with Gasteiger partial charge >= 0.3 is 0 Å². The van der Waals surface area contributed by atoms with Crippen molar-refractivity contribution in [1.82, 2.24) is 4.98 Å². The first-order valence-corrected chi connectivity index (χ1v) is 6.42. The second-order valence-electron chi connectivity index (χ2n) is 3.59. The molecule has 0 atom stereocenters. The largest absolute Gasteiger partial charge is 0.486 e. The lowest BCUT2D eigenvalue weighted by molar-refractivity contribution is -0.385. The molecule has 7 heteroatoms. The number of hydrogen-bond donors (Lipinski definition) is 0. The summed E-state index contributed by atoms with van der Waals surface area (Å²) in [6.45, 7) is 0.181. The molecule has 2 rings (SSSR count). The summed E-state index contributed by atoms with van der Waals surface area (Å²) in [4.78, 5) is 14.4. The zero-order valence-corrected chi connectivity index (χ0v) is 11.9. The first-order chi connectivity index (χ1) is 9.08. The third-order valence-corrected chi connectivity index (χ3v) is 3.30. The van der Waals surface area contributed by atoms with Crippen molar-refractivity contribution in [3.8, 4) is 5.75 Å². The van der Waals surface area contributed by atoms with Gasteiger partial charge in [0, 0.05) is 6.07 Å². The average Bonchev–Trinajstić information content (AvgIpc) is 2.37. The van der Waals surface area contributed by atoms with Crippen LogP contribution in [0.15, 0.2) is 40.9 Å². The number of benzene rings is 1. The van der Waals surface area contributed by atoms with E-state index in [4.69, 9.17) is 16.3 Å². The lowest BCUT2D eigenvalue weighted by atomic mass is 10.3. The summed E-state index contributed by atoms with van der Waals surface area (Å²) in [7, 11) is 0. The van der Waals surface area contributed by atoms with Crippen LogP contribution in [-0.4, -0.2) is 9.91 Å². The van der Waals surface area contributed by atoms with Gasteiger partial charge in [-0.05, 0) is 34.1 Å². The Bertz CT molecular complexity index is 622. The molecule has 19 heavy (non-hydrogen) atoms. The van der Waals surface area contributed by atoms with E-state index in [9.17, 15) is 10.1 Å². The number of aromatic nitrogens is 1. The highest BCUT2D eigenvalue weighted by Gasteiger charge is 2.15. The fourth-order valence-electron chi connectivity index (χ4n) is 1.43. The van der Waals surface area contributed by atoms with Gasteiger partial charge in [-0.1, -0.05) is 23.7 Å². The number of pyridine rings is 1. The van der Waals surface area contributed by atoms with E-state index < -0.39 is 4.92 Å². The summed E-state index contributed by atoms with van der Waals surface area (Å²) in [6, 6.07) is 9.78. The summed E-state index contributed by atoms with van der Waals surface area (Å²) in [5.74, 6) is 0.385. The molecule has 0 amide bonds. The number of nitrogens with zero attached hydrogens (tertiary/aromatic N) is 2. The van der Waals surface area contributed by atoms with Crippen molar-refractivity contribution >= 4 is 33.2 Å². The van der Waals surface area contributed by atoms with E-state index in [1.54, 1.807) is 30.3 Å². The van der Waals surface area contributed by atoms with Crippen molar-refractivity contribution in [1.29, 1.82) is 0 Å². The molecular weight excluding hydrogens is 336 g/mol. The molecule has 5 nitrogen and oxygen atoms in total. The molecule has 0 spiro atoms. The van der Waals surface area contributed by atoms with Crippen LogP contribution in [-0.2, 0) is 6.61 Å². The third kappa shape index (κ3) is 3.42. The van der Waals surface area contributed by atoms with Gasteiger partial charge in [0.15, 0.2) is 0 Å². The minimum atomic E-state index is -0.478. The maximum absolute atomic E-state index is 10.8. The minimum Gasteiger partial charge on any atom is -0.486 e. The summed E-state index contributed by atoms with van der Waals surface area (Å²) in [5.41, 5.74) is 0.599. The zero-order chi connectivity index (χ0) is 13.8. The van der Waals surface area contributed by atoms with Gasteiger partial charge in [-0.2, -0.15) is 0 Å². The predicted octanol–water partition coefficient (Wildman–Crippen LogP) is 3.98. The van der Waals surface area contributed by atoms with Gasteiger partial charge < -0.3 is 4.74 Å². The van der Waals surface area contributed by atoms with Gasteiger partial charge in [-0.25, -0.2) is 4.98 Å². The zero-order valence-electron chi connectivity index (χ0n) is 9.55. The average molecular weight is 344 g/mol. The molecule has 0 fully saturated rings. The van der Waals surface area contributed by atoms with Gasteiger partial charge in [0.05, 0.1) is 10.6 Å². The van der Waals surface area contributed by atoms with Crippen molar-refractivity contribution < 1.29 is 9.66 Å². The van der Waals surface area contributed by atoms with Crippen molar-refractivity contribution in [2.75, 3.05) is 0 Å². The van der Waals surface area contributed by atoms with Crippen molar-refractivity contribution in [2.24, 2.45) is 0 Å². The Hall–Kier alpha value is -1.66. The Morgan fingerprint density at radius 2 is 2.05 bits per heavy atom. The first kappa shape index (κ1) is 13.8. The number of halogens is 2. The summed E-state index contributed by atoms with van der Waals surface area (Å²) < 4.78 is 5.80. The highest BCUT2D eigenvalue weighted by molar-refractivity contribution is 9.10. The van der Waals surface area contributed by atoms with Crippen LogP contribution in [0.1, 0.15) is 5.69 Å². The van der Waals surface area contributed by atoms with Crippen LogP contribution in [0, 0.1) is 10.1 Å². The van der Waals surface area contributed by atoms with E-state index in [0.717, 1.165) is 0 Å². The lowest BCUT2D eigenvalue weighted by Gasteiger charge is -2.07. The Morgan fingerprint density at radius 1 is 1.32 bits per heavy atom. The smallest absolute Gasteiger partial charge is 0.287 e. The van der Waals surface area contributed by atoms with Gasteiger partial charge in [0.2, 0.25) is 0 Å². The second-order valence-corrected chi connectivity index (χ2v) is 4.77. The van der Waals surface area contributed by atoms with E-state index in [-0.39, 0.29) is 12.3 Å². The van der Waals surface area contributed by atoms with Crippen LogP contribution in [0.4, 0.5) is 5.69 Å². The van der Waals surface area contributed by atoms with E-state index in [0.29, 0.717) is 21.1 Å². The van der Waals surface area contributed by atoms with E-state index in [1.165, 1.54) is 6.07 Å². The minimum absolute atomic E-state index is 0.0449. The monoisotopic (exact) mass is 342 g/mol. The Kier molecular flexibility index (Phi) is 4.34. The molecule has 0 unspecified atom stereocenters. The molecule has 0 aliphatic rings. The number of hydrogen-bond acceptors (Lipinski definition) is 4. The van der Waals surface area contributed by atoms with Crippen molar-refractivity contribution in [2.45, 2.75) is 6.61 Å². The summed E-state index contributed by atoms with van der Waals surface area (Å²) >= 11 is 8.92. The standard InChI is InChI=1S/C12H8BrClN2O3/c13-12-9(16(17)18)4-2-5-10(12)19-7-8-3-1-6-11(14)15-8/h1-6H,7H2. The van der Waals surface area contributed by atoms with E-state index >= 15 is 0 Å². The molecule has 0 aliphatic heterocycles. The Morgan fingerprint density at radius 3 is 2.74 bits per heavy atom. The number of rotatable bonds is 4. The van der Waals surface area contributed by atoms with Crippen LogP contribution in [0.2, 0.25) is 5.15 Å². The van der Waals surface area contributed by atoms with Gasteiger partial charge in [-0.15, -0.1) is 0 Å². The molecule has 0 N–H and O–H groups in total. The Labute approximate surface area is 122 Å². The first-order valence-electron chi connectivity index (χ1n) is 5.25. The van der Waals surface area contributed by atoms with Crippen LogP contribution in [0.5, 0.6) is 5.75 Å². The fourth-order valence-corrected chi connectivity index (χ4v) is 2.14. The molecule has 98 valence electrons. The van der Waals surface area contributed by atoms with Crippen LogP contribution >= 0.6 is 27.5 Å².